The fourth-order valence-electron chi connectivity index (χ4n) is 1.61. The average Bonchev–Trinajstić information content (AvgIpc) is 2.30. The second-order valence-electron chi connectivity index (χ2n) is 3.84. The number of urea groups is 1. The molecule has 2 heterocycles. The molecule has 4 amide bonds. The number of amides is 4. The minimum atomic E-state index is -0.458. The van der Waals surface area contributed by atoms with E-state index in [2.05, 4.69) is 15.6 Å². The third-order valence-corrected chi connectivity index (χ3v) is 2.42. The van der Waals surface area contributed by atoms with E-state index in [1.54, 1.807) is 12.1 Å². The van der Waals surface area contributed by atoms with Crippen molar-refractivity contribution in [2.75, 3.05) is 16.8 Å². The third-order valence-electron chi connectivity index (χ3n) is 2.42. The molecule has 1 fully saturated rings. The Morgan fingerprint density at radius 2 is 2.16 bits per heavy atom. The van der Waals surface area contributed by atoms with Crippen LogP contribution in [0.25, 0.3) is 0 Å². The van der Waals surface area contributed by atoms with Gasteiger partial charge in [0, 0.05) is 19.9 Å². The molecule has 0 radical (unpaired) electrons. The lowest BCUT2D eigenvalue weighted by Gasteiger charge is -2.26. The summed E-state index contributed by atoms with van der Waals surface area (Å²) in [6, 6.07) is 2.80. The number of pyridine rings is 1. The van der Waals surface area contributed by atoms with E-state index in [0.29, 0.717) is 18.1 Å². The Kier molecular flexibility index (Phi) is 4.82. The first-order valence-electron chi connectivity index (χ1n) is 5.41. The van der Waals surface area contributed by atoms with E-state index in [9.17, 15) is 14.4 Å². The molecule has 1 aliphatic heterocycles. The maximum Gasteiger partial charge on any atom is 0.328 e. The van der Waals surface area contributed by atoms with Gasteiger partial charge in [0.2, 0.25) is 11.8 Å². The molecule has 1 aromatic rings. The van der Waals surface area contributed by atoms with Crippen molar-refractivity contribution in [3.05, 3.63) is 18.3 Å². The lowest BCUT2D eigenvalue weighted by molar-refractivity contribution is -0.120. The lowest BCUT2D eigenvalue weighted by atomic mass is 10.2. The highest BCUT2D eigenvalue weighted by molar-refractivity contribution is 6.05. The number of imide groups is 1. The molecule has 0 spiro atoms. The maximum absolute atomic E-state index is 11.6. The Labute approximate surface area is 115 Å². The highest BCUT2D eigenvalue weighted by Gasteiger charge is 2.24. The molecule has 1 saturated heterocycles. The Morgan fingerprint density at radius 3 is 2.68 bits per heavy atom. The largest absolute Gasteiger partial charge is 0.328 e. The number of hydrogen-bond donors (Lipinski definition) is 2. The van der Waals surface area contributed by atoms with Gasteiger partial charge in [-0.1, -0.05) is 0 Å². The summed E-state index contributed by atoms with van der Waals surface area (Å²) >= 11 is 0. The van der Waals surface area contributed by atoms with Crippen LogP contribution in [0.4, 0.5) is 16.3 Å². The van der Waals surface area contributed by atoms with Crippen molar-refractivity contribution in [1.29, 1.82) is 0 Å². The Bertz CT molecular complexity index is 503. The van der Waals surface area contributed by atoms with Gasteiger partial charge in [-0.25, -0.2) is 9.78 Å². The van der Waals surface area contributed by atoms with E-state index < -0.39 is 6.03 Å². The zero-order valence-electron chi connectivity index (χ0n) is 10.2. The number of nitrogens with zero attached hydrogens (tertiary/aromatic N) is 2. The number of rotatable bonds is 2. The summed E-state index contributed by atoms with van der Waals surface area (Å²) in [4.78, 5) is 38.8. The smallest absolute Gasteiger partial charge is 0.311 e. The molecule has 0 aliphatic carbocycles. The molecule has 0 aromatic carbocycles. The van der Waals surface area contributed by atoms with Crippen LogP contribution >= 0.6 is 12.4 Å². The van der Waals surface area contributed by atoms with E-state index in [4.69, 9.17) is 0 Å². The van der Waals surface area contributed by atoms with Crippen LogP contribution in [0.2, 0.25) is 0 Å². The Morgan fingerprint density at radius 1 is 1.42 bits per heavy atom. The predicted octanol–water partition coefficient (Wildman–Crippen LogP) is 0.908. The van der Waals surface area contributed by atoms with Gasteiger partial charge < -0.3 is 5.32 Å². The molecule has 0 atom stereocenters. The number of carbonyl (C=O) groups is 3. The van der Waals surface area contributed by atoms with Gasteiger partial charge in [-0.3, -0.25) is 19.8 Å². The number of hydrogen-bond acceptors (Lipinski definition) is 4. The van der Waals surface area contributed by atoms with Gasteiger partial charge in [-0.15, -0.1) is 12.4 Å². The molecule has 8 heteroatoms. The summed E-state index contributed by atoms with van der Waals surface area (Å²) in [5, 5.41) is 4.76. The molecule has 102 valence electrons. The second kappa shape index (κ2) is 6.14. The monoisotopic (exact) mass is 284 g/mol. The highest BCUT2D eigenvalue weighted by Crippen LogP contribution is 2.17. The average molecular weight is 285 g/mol. The second-order valence-corrected chi connectivity index (χ2v) is 3.84. The highest BCUT2D eigenvalue weighted by atomic mass is 35.5. The minimum Gasteiger partial charge on any atom is -0.311 e. The first kappa shape index (κ1) is 14.9. The molecule has 2 N–H and O–H groups in total. The van der Waals surface area contributed by atoms with E-state index in [0.717, 1.165) is 0 Å². The SMILES string of the molecule is CC(=O)Nc1ccc(N2CCC(=O)NC2=O)cn1.Cl. The van der Waals surface area contributed by atoms with E-state index >= 15 is 0 Å². The maximum atomic E-state index is 11.6. The first-order valence-corrected chi connectivity index (χ1v) is 5.41. The zero-order chi connectivity index (χ0) is 13.1. The van der Waals surface area contributed by atoms with Gasteiger partial charge in [0.15, 0.2) is 0 Å². The molecule has 1 aliphatic rings. The fourth-order valence-corrected chi connectivity index (χ4v) is 1.61. The van der Waals surface area contributed by atoms with Crippen molar-refractivity contribution in [1.82, 2.24) is 10.3 Å². The number of aromatic nitrogens is 1. The van der Waals surface area contributed by atoms with E-state index in [1.807, 2.05) is 0 Å². The lowest BCUT2D eigenvalue weighted by Crippen LogP contribution is -2.49. The van der Waals surface area contributed by atoms with E-state index in [-0.39, 0.29) is 30.6 Å². The van der Waals surface area contributed by atoms with Crippen molar-refractivity contribution >= 4 is 41.8 Å². The molecule has 0 bridgehead atoms. The van der Waals surface area contributed by atoms with Crippen molar-refractivity contribution in [3.63, 3.8) is 0 Å². The van der Waals surface area contributed by atoms with Crippen LogP contribution in [0.15, 0.2) is 18.3 Å². The molecular weight excluding hydrogens is 272 g/mol. The number of carbonyl (C=O) groups excluding carboxylic acids is 3. The quantitative estimate of drug-likeness (QED) is 0.844. The van der Waals surface area contributed by atoms with Crippen molar-refractivity contribution < 1.29 is 14.4 Å². The topological polar surface area (TPSA) is 91.4 Å². The summed E-state index contributed by atoms with van der Waals surface area (Å²) in [5.41, 5.74) is 0.578. The Hall–Kier alpha value is -2.15. The predicted molar refractivity (Wildman–Crippen MR) is 71.3 cm³/mol. The molecule has 1 aromatic heterocycles. The van der Waals surface area contributed by atoms with Gasteiger partial charge in [0.25, 0.3) is 0 Å². The van der Waals surface area contributed by atoms with Crippen LogP contribution in [0.1, 0.15) is 13.3 Å². The van der Waals surface area contributed by atoms with Crippen LogP contribution in [0.3, 0.4) is 0 Å². The summed E-state index contributed by atoms with van der Waals surface area (Å²) in [6.07, 6.45) is 1.74. The number of nitrogens with one attached hydrogen (secondary N) is 2. The minimum absolute atomic E-state index is 0. The number of anilines is 2. The van der Waals surface area contributed by atoms with E-state index in [1.165, 1.54) is 18.0 Å². The van der Waals surface area contributed by atoms with Gasteiger partial charge >= 0.3 is 6.03 Å². The van der Waals surface area contributed by atoms with Gasteiger partial charge in [0.05, 0.1) is 11.9 Å². The normalized spacial score (nSPS) is 14.5. The van der Waals surface area contributed by atoms with Gasteiger partial charge in [-0.05, 0) is 12.1 Å². The van der Waals surface area contributed by atoms with Crippen LogP contribution in [0.5, 0.6) is 0 Å². The summed E-state index contributed by atoms with van der Waals surface area (Å²) in [5.74, 6) is -0.0737. The van der Waals surface area contributed by atoms with Crippen LogP contribution in [-0.4, -0.2) is 29.4 Å². The third kappa shape index (κ3) is 3.65. The molecular formula is C11H13ClN4O3. The Balaban J connectivity index is 0.00000180. The number of halogens is 1. The fraction of sp³-hybridized carbons (Fsp3) is 0.273. The molecule has 0 saturated carbocycles. The van der Waals surface area contributed by atoms with Gasteiger partial charge in [-0.2, -0.15) is 0 Å². The van der Waals surface area contributed by atoms with Crippen LogP contribution in [-0.2, 0) is 9.59 Å². The molecule has 19 heavy (non-hydrogen) atoms. The van der Waals surface area contributed by atoms with Crippen molar-refractivity contribution in [2.24, 2.45) is 0 Å². The standard InChI is InChI=1S/C11H12N4O3.ClH/c1-7(16)13-9-3-2-8(6-12-9)15-5-4-10(17)14-11(15)18;/h2-3,6H,4-5H2,1H3,(H,12,13,16)(H,14,17,18);1H. The summed E-state index contributed by atoms with van der Waals surface area (Å²) < 4.78 is 0. The van der Waals surface area contributed by atoms with Crippen molar-refractivity contribution in [2.45, 2.75) is 13.3 Å². The molecule has 7 nitrogen and oxygen atoms in total. The summed E-state index contributed by atoms with van der Waals surface area (Å²) in [7, 11) is 0. The zero-order valence-corrected chi connectivity index (χ0v) is 11.0. The summed E-state index contributed by atoms with van der Waals surface area (Å²) in [6.45, 7) is 1.71. The van der Waals surface area contributed by atoms with Gasteiger partial charge in [0.1, 0.15) is 5.82 Å². The van der Waals surface area contributed by atoms with Crippen LogP contribution < -0.4 is 15.5 Å². The van der Waals surface area contributed by atoms with Crippen molar-refractivity contribution in [3.8, 4) is 0 Å². The van der Waals surface area contributed by atoms with Crippen LogP contribution in [0, 0.1) is 0 Å². The first-order chi connectivity index (χ1) is 8.56. The molecule has 2 rings (SSSR count). The molecule has 0 unspecified atom stereocenters.